The van der Waals surface area contributed by atoms with E-state index in [-0.39, 0.29) is 0 Å². The largest absolute Gasteiger partial charge is 0.416 e. The van der Waals surface area contributed by atoms with Crippen LogP contribution in [0.2, 0.25) is 0 Å². The van der Waals surface area contributed by atoms with Crippen LogP contribution in [-0.4, -0.2) is 23.4 Å². The molecular weight excluding hydrogens is 212 g/mol. The lowest BCUT2D eigenvalue weighted by Gasteiger charge is -1.94. The zero-order valence-electron chi connectivity index (χ0n) is 6.21. The van der Waals surface area contributed by atoms with E-state index < -0.39 is 0 Å². The van der Waals surface area contributed by atoms with Gasteiger partial charge in [0.15, 0.2) is 0 Å². The number of rotatable bonds is 4. The second-order valence-electron chi connectivity index (χ2n) is 1.90. The maximum Gasteiger partial charge on any atom is 0.284 e. The Morgan fingerprint density at radius 3 is 2.91 bits per heavy atom. The van der Waals surface area contributed by atoms with Gasteiger partial charge in [-0.25, -0.2) is 0 Å². The van der Waals surface area contributed by atoms with Crippen LogP contribution in [-0.2, 0) is 11.2 Å². The Balaban J connectivity index is 2.27. The van der Waals surface area contributed by atoms with Gasteiger partial charge in [0.2, 0.25) is 5.89 Å². The van der Waals surface area contributed by atoms with E-state index in [0.717, 1.165) is 6.61 Å². The molecule has 1 heterocycles. The first-order chi connectivity index (χ1) is 5.33. The van der Waals surface area contributed by atoms with E-state index in [0.29, 0.717) is 23.7 Å². The van der Waals surface area contributed by atoms with Gasteiger partial charge in [-0.05, 0) is 6.92 Å². The molecule has 0 saturated carbocycles. The number of hydrogen-bond acceptors (Lipinski definition) is 4. The van der Waals surface area contributed by atoms with Crippen LogP contribution >= 0.6 is 15.9 Å². The molecule has 0 bridgehead atoms. The summed E-state index contributed by atoms with van der Waals surface area (Å²) in [6, 6.07) is 0. The first-order valence-corrected chi connectivity index (χ1v) is 4.18. The van der Waals surface area contributed by atoms with Crippen molar-refractivity contribution in [3.05, 3.63) is 10.7 Å². The SMILES string of the molecule is CCOCCc1nnc(Br)o1. The van der Waals surface area contributed by atoms with Gasteiger partial charge in [0.25, 0.3) is 4.80 Å². The smallest absolute Gasteiger partial charge is 0.284 e. The molecule has 1 rings (SSSR count). The highest BCUT2D eigenvalue weighted by Crippen LogP contribution is 2.06. The van der Waals surface area contributed by atoms with Crippen molar-refractivity contribution in [3.63, 3.8) is 0 Å². The molecule has 0 aliphatic rings. The summed E-state index contributed by atoms with van der Waals surface area (Å²) < 4.78 is 10.1. The lowest BCUT2D eigenvalue weighted by molar-refractivity contribution is 0.145. The summed E-state index contributed by atoms with van der Waals surface area (Å²) in [6.45, 7) is 3.30. The van der Waals surface area contributed by atoms with E-state index in [2.05, 4.69) is 26.1 Å². The second kappa shape index (κ2) is 4.46. The van der Waals surface area contributed by atoms with Crippen molar-refractivity contribution in [1.82, 2.24) is 10.2 Å². The third kappa shape index (κ3) is 2.98. The number of nitrogens with zero attached hydrogens (tertiary/aromatic N) is 2. The number of hydrogen-bond donors (Lipinski definition) is 0. The molecular formula is C6H9BrN2O2. The Morgan fingerprint density at radius 1 is 1.55 bits per heavy atom. The first kappa shape index (κ1) is 8.67. The molecule has 0 atom stereocenters. The van der Waals surface area contributed by atoms with Crippen LogP contribution < -0.4 is 0 Å². The van der Waals surface area contributed by atoms with Crippen molar-refractivity contribution in [2.75, 3.05) is 13.2 Å². The second-order valence-corrected chi connectivity index (χ2v) is 2.57. The van der Waals surface area contributed by atoms with E-state index in [9.17, 15) is 0 Å². The molecule has 0 N–H and O–H groups in total. The van der Waals surface area contributed by atoms with Gasteiger partial charge in [-0.2, -0.15) is 0 Å². The topological polar surface area (TPSA) is 48.2 Å². The number of ether oxygens (including phenoxy) is 1. The third-order valence-electron chi connectivity index (χ3n) is 1.11. The summed E-state index contributed by atoms with van der Waals surface area (Å²) >= 11 is 3.06. The van der Waals surface area contributed by atoms with Gasteiger partial charge in [0.05, 0.1) is 6.61 Å². The van der Waals surface area contributed by atoms with Gasteiger partial charge in [0.1, 0.15) is 0 Å². The Kier molecular flexibility index (Phi) is 3.51. The van der Waals surface area contributed by atoms with Gasteiger partial charge in [-0.3, -0.25) is 0 Å². The van der Waals surface area contributed by atoms with Crippen molar-refractivity contribution in [1.29, 1.82) is 0 Å². The van der Waals surface area contributed by atoms with Crippen LogP contribution in [0.15, 0.2) is 9.22 Å². The highest BCUT2D eigenvalue weighted by atomic mass is 79.9. The molecule has 0 saturated heterocycles. The maximum absolute atomic E-state index is 5.10. The number of halogens is 1. The van der Waals surface area contributed by atoms with Gasteiger partial charge in [0, 0.05) is 29.0 Å². The molecule has 0 aliphatic heterocycles. The highest BCUT2D eigenvalue weighted by Gasteiger charge is 2.01. The van der Waals surface area contributed by atoms with Gasteiger partial charge < -0.3 is 9.15 Å². The van der Waals surface area contributed by atoms with Gasteiger partial charge in [-0.1, -0.05) is 0 Å². The molecule has 0 amide bonds. The predicted octanol–water partition coefficient (Wildman–Crippen LogP) is 1.41. The van der Waals surface area contributed by atoms with Crippen molar-refractivity contribution in [2.24, 2.45) is 0 Å². The van der Waals surface area contributed by atoms with Crippen molar-refractivity contribution < 1.29 is 9.15 Å². The van der Waals surface area contributed by atoms with Crippen LogP contribution in [0.25, 0.3) is 0 Å². The van der Waals surface area contributed by atoms with Crippen LogP contribution in [0.5, 0.6) is 0 Å². The molecule has 5 heteroatoms. The molecule has 0 unspecified atom stereocenters. The first-order valence-electron chi connectivity index (χ1n) is 3.38. The summed E-state index contributed by atoms with van der Waals surface area (Å²) in [5.41, 5.74) is 0. The van der Waals surface area contributed by atoms with Crippen LogP contribution in [0.4, 0.5) is 0 Å². The molecule has 11 heavy (non-hydrogen) atoms. The van der Waals surface area contributed by atoms with Crippen molar-refractivity contribution in [2.45, 2.75) is 13.3 Å². The van der Waals surface area contributed by atoms with Gasteiger partial charge >= 0.3 is 0 Å². The molecule has 1 aromatic rings. The summed E-state index contributed by atoms with van der Waals surface area (Å²) in [5.74, 6) is 0.602. The Morgan fingerprint density at radius 2 is 2.36 bits per heavy atom. The summed E-state index contributed by atoms with van der Waals surface area (Å²) in [7, 11) is 0. The van der Waals surface area contributed by atoms with E-state index in [1.165, 1.54) is 0 Å². The van der Waals surface area contributed by atoms with Crippen LogP contribution in [0.3, 0.4) is 0 Å². The highest BCUT2D eigenvalue weighted by molar-refractivity contribution is 9.10. The molecule has 4 nitrogen and oxygen atoms in total. The Labute approximate surface area is 73.1 Å². The maximum atomic E-state index is 5.10. The molecule has 0 spiro atoms. The van der Waals surface area contributed by atoms with E-state index in [4.69, 9.17) is 9.15 Å². The lowest BCUT2D eigenvalue weighted by atomic mass is 10.5. The third-order valence-corrected chi connectivity index (χ3v) is 1.43. The standard InChI is InChI=1S/C6H9BrN2O2/c1-2-10-4-3-5-8-9-6(7)11-5/h2-4H2,1H3. The zero-order valence-corrected chi connectivity index (χ0v) is 7.80. The summed E-state index contributed by atoms with van der Waals surface area (Å²) in [6.07, 6.45) is 0.673. The summed E-state index contributed by atoms with van der Waals surface area (Å²) in [4.78, 5) is 0.420. The van der Waals surface area contributed by atoms with E-state index in [1.807, 2.05) is 6.92 Å². The van der Waals surface area contributed by atoms with Gasteiger partial charge in [-0.15, -0.1) is 10.2 Å². The lowest BCUT2D eigenvalue weighted by Crippen LogP contribution is -1.97. The molecule has 0 fully saturated rings. The normalized spacial score (nSPS) is 10.4. The summed E-state index contributed by atoms with van der Waals surface area (Å²) in [5, 5.41) is 7.38. The van der Waals surface area contributed by atoms with E-state index >= 15 is 0 Å². The molecule has 0 aliphatic carbocycles. The van der Waals surface area contributed by atoms with Crippen molar-refractivity contribution in [3.8, 4) is 0 Å². The average molecular weight is 221 g/mol. The predicted molar refractivity (Wildman–Crippen MR) is 42.2 cm³/mol. The molecule has 0 radical (unpaired) electrons. The number of aromatic nitrogens is 2. The van der Waals surface area contributed by atoms with Crippen molar-refractivity contribution >= 4 is 15.9 Å². The van der Waals surface area contributed by atoms with E-state index in [1.54, 1.807) is 0 Å². The van der Waals surface area contributed by atoms with Crippen LogP contribution in [0, 0.1) is 0 Å². The quantitative estimate of drug-likeness (QED) is 0.721. The molecule has 1 aromatic heterocycles. The monoisotopic (exact) mass is 220 g/mol. The fourth-order valence-corrected chi connectivity index (χ4v) is 0.904. The minimum absolute atomic E-state index is 0.420. The fourth-order valence-electron chi connectivity index (χ4n) is 0.638. The molecule has 62 valence electrons. The zero-order chi connectivity index (χ0) is 8.10. The Bertz CT molecular complexity index is 214. The Hall–Kier alpha value is -0.420. The minimum atomic E-state index is 0.420. The minimum Gasteiger partial charge on any atom is -0.416 e. The average Bonchev–Trinajstić information content (AvgIpc) is 2.37. The van der Waals surface area contributed by atoms with Crippen LogP contribution in [0.1, 0.15) is 12.8 Å². The fraction of sp³-hybridized carbons (Fsp3) is 0.667. The molecule has 0 aromatic carbocycles.